The van der Waals surface area contributed by atoms with Gasteiger partial charge in [0.15, 0.2) is 0 Å². The molecule has 0 amide bonds. The molecule has 2 aromatic carbocycles. The van der Waals surface area contributed by atoms with Crippen LogP contribution in [0.15, 0.2) is 48.6 Å². The minimum atomic E-state index is 0.583. The molecule has 0 saturated heterocycles. The summed E-state index contributed by atoms with van der Waals surface area (Å²) in [6, 6.07) is 14.5. The summed E-state index contributed by atoms with van der Waals surface area (Å²) >= 11 is 1.36. The fourth-order valence-electron chi connectivity index (χ4n) is 2.71. The molecule has 0 spiro atoms. The molecule has 2 aliphatic carbocycles. The predicted molar refractivity (Wildman–Crippen MR) is 131 cm³/mol. The number of rotatable bonds is 0. The van der Waals surface area contributed by atoms with E-state index in [0.29, 0.717) is 11.8 Å². The summed E-state index contributed by atoms with van der Waals surface area (Å²) < 4.78 is 0. The predicted octanol–water partition coefficient (Wildman–Crippen LogP) is 7.55. The van der Waals surface area contributed by atoms with Gasteiger partial charge in [-0.05, 0) is 18.9 Å². The van der Waals surface area contributed by atoms with Crippen LogP contribution in [0.25, 0.3) is 11.1 Å². The van der Waals surface area contributed by atoms with Crippen LogP contribution in [-0.2, 0) is 29.8 Å². The van der Waals surface area contributed by atoms with Gasteiger partial charge in [-0.2, -0.15) is 41.7 Å². The van der Waals surface area contributed by atoms with Crippen molar-refractivity contribution in [3.8, 4) is 11.1 Å². The average Bonchev–Trinajstić information content (AvgIpc) is 3.33. The van der Waals surface area contributed by atoms with Gasteiger partial charge in [0.1, 0.15) is 0 Å². The Morgan fingerprint density at radius 2 is 1.50 bits per heavy atom. The molecule has 0 saturated carbocycles. The van der Waals surface area contributed by atoms with Crippen molar-refractivity contribution in [3.63, 3.8) is 0 Å². The Labute approximate surface area is 203 Å². The Hall–Kier alpha value is -0.980. The molecule has 4 rings (SSSR count). The topological polar surface area (TPSA) is 0 Å². The molecular weight excluding hydrogens is 456 g/mol. The molecule has 0 unspecified atom stereocenters. The molecule has 2 radical (unpaired) electrons. The van der Waals surface area contributed by atoms with Crippen LogP contribution in [-0.4, -0.2) is 6.88 Å². The van der Waals surface area contributed by atoms with Crippen LogP contribution >= 0.6 is 0 Å². The summed E-state index contributed by atoms with van der Waals surface area (Å²) in [5, 5.41) is 0. The second kappa shape index (κ2) is 16.7. The zero-order valence-corrected chi connectivity index (χ0v) is 23.1. The Balaban J connectivity index is 0.000000464. The molecule has 2 heteroatoms. The van der Waals surface area contributed by atoms with Gasteiger partial charge in [0, 0.05) is 0 Å². The Bertz CT molecular complexity index is 729. The van der Waals surface area contributed by atoms with Crippen molar-refractivity contribution in [1.82, 2.24) is 0 Å². The fraction of sp³-hybridized carbons (Fsp3) is 0.357. The number of hydrogen-bond donors (Lipinski definition) is 0. The number of aryl methyl sites for hydroxylation is 2. The van der Waals surface area contributed by atoms with Crippen LogP contribution in [0.5, 0.6) is 0 Å². The van der Waals surface area contributed by atoms with Gasteiger partial charge >= 0.3 is 30.2 Å². The third-order valence-electron chi connectivity index (χ3n) is 3.68. The molecule has 0 bridgehead atoms. The third-order valence-corrected chi connectivity index (χ3v) is 3.68. The van der Waals surface area contributed by atoms with Gasteiger partial charge in [0.2, 0.25) is 0 Å². The van der Waals surface area contributed by atoms with Gasteiger partial charge in [0.25, 0.3) is 0 Å². The van der Waals surface area contributed by atoms with Gasteiger partial charge in [-0.25, -0.2) is 12.2 Å². The molecule has 2 aliphatic rings. The van der Waals surface area contributed by atoms with E-state index < -0.39 is 0 Å². The van der Waals surface area contributed by atoms with E-state index in [1.807, 2.05) is 12.2 Å². The second-order valence-electron chi connectivity index (χ2n) is 8.16. The zero-order valence-electron chi connectivity index (χ0n) is 19.6. The van der Waals surface area contributed by atoms with Crippen LogP contribution in [0.2, 0.25) is 0 Å². The summed E-state index contributed by atoms with van der Waals surface area (Å²) in [4.78, 5) is 0. The number of benzene rings is 2. The summed E-state index contributed by atoms with van der Waals surface area (Å²) in [5.74, 6) is 1.17. The molecular formula is C28H36SiZr-4. The first-order valence-electron chi connectivity index (χ1n) is 10.4. The monoisotopic (exact) mass is 490 g/mol. The molecule has 0 N–H and O–H groups in total. The van der Waals surface area contributed by atoms with Gasteiger partial charge in [-0.15, -0.1) is 17.5 Å². The summed E-state index contributed by atoms with van der Waals surface area (Å²) in [7, 11) is 0. The van der Waals surface area contributed by atoms with Crippen LogP contribution in [0.3, 0.4) is 0 Å². The first kappa shape index (κ1) is 29.0. The normalized spacial score (nSPS) is 11.6. The third kappa shape index (κ3) is 12.7. The van der Waals surface area contributed by atoms with Crippen LogP contribution < -0.4 is 0 Å². The maximum atomic E-state index is 3.64. The number of fused-ring (bicyclic) bond motifs is 3. The first-order chi connectivity index (χ1) is 14.2. The van der Waals surface area contributed by atoms with Crippen molar-refractivity contribution < 1.29 is 23.3 Å². The standard InChI is InChI=1S/C15H13.C5H5.2C4H9.Si.Zr/c1-10-3-5-14-12(7-10)9-13-8-11(2)4-6-15(13)14;1-2-4-5-3-1;2*1-4(2)3;;/h3-7H,9H2,1-2H3;1-3H,4H2;2*4H,1H2,2-3H3;;/q4*-1;;. The van der Waals surface area contributed by atoms with E-state index >= 15 is 0 Å². The molecule has 0 heterocycles. The van der Waals surface area contributed by atoms with Crippen LogP contribution in [0.1, 0.15) is 56.4 Å². The Morgan fingerprint density at radius 3 is 1.97 bits per heavy atom. The summed E-state index contributed by atoms with van der Waals surface area (Å²) in [6.07, 6.45) is 11.0. The van der Waals surface area contributed by atoms with Crippen LogP contribution in [0, 0.1) is 51.7 Å². The van der Waals surface area contributed by atoms with Crippen LogP contribution in [0.4, 0.5) is 0 Å². The van der Waals surface area contributed by atoms with E-state index in [-0.39, 0.29) is 0 Å². The van der Waals surface area contributed by atoms with Crippen molar-refractivity contribution in [2.45, 2.75) is 54.4 Å². The minimum absolute atomic E-state index is 0.583. The van der Waals surface area contributed by atoms with Crippen molar-refractivity contribution in [2.24, 2.45) is 11.8 Å². The molecule has 0 aliphatic heterocycles. The van der Waals surface area contributed by atoms with Gasteiger partial charge in [-0.3, -0.25) is 6.08 Å². The number of allylic oxidation sites excluding steroid dienone is 4. The molecule has 30 heavy (non-hydrogen) atoms. The Morgan fingerprint density at radius 1 is 0.933 bits per heavy atom. The van der Waals surface area contributed by atoms with E-state index in [1.54, 1.807) is 0 Å². The summed E-state index contributed by atoms with van der Waals surface area (Å²) in [6.45, 7) is 22.8. The molecule has 160 valence electrons. The number of hydrogen-bond acceptors (Lipinski definition) is 0. The van der Waals surface area contributed by atoms with Crippen molar-refractivity contribution in [1.29, 1.82) is 0 Å². The van der Waals surface area contributed by atoms with Crippen molar-refractivity contribution in [2.75, 3.05) is 0 Å². The molecule has 0 nitrogen and oxygen atoms in total. The Kier molecular flexibility index (Phi) is 16.1. The molecule has 2 aromatic rings. The summed E-state index contributed by atoms with van der Waals surface area (Å²) in [5.41, 5.74) is 8.15. The van der Waals surface area contributed by atoms with Gasteiger partial charge in [-0.1, -0.05) is 63.9 Å². The van der Waals surface area contributed by atoms with E-state index in [2.05, 4.69) is 111 Å². The van der Waals surface area contributed by atoms with E-state index in [4.69, 9.17) is 0 Å². The van der Waals surface area contributed by atoms with E-state index in [0.717, 1.165) is 12.8 Å². The molecule has 0 atom stereocenters. The fourth-order valence-corrected chi connectivity index (χ4v) is 2.71. The van der Waals surface area contributed by atoms with Crippen molar-refractivity contribution >= 4 is 6.88 Å². The van der Waals surface area contributed by atoms with E-state index in [9.17, 15) is 0 Å². The quantitative estimate of drug-likeness (QED) is 0.225. The average molecular weight is 492 g/mol. The van der Waals surface area contributed by atoms with Crippen molar-refractivity contribution in [3.05, 3.63) is 96.8 Å². The van der Waals surface area contributed by atoms with E-state index in [1.165, 1.54) is 56.7 Å². The maximum absolute atomic E-state index is 3.64. The second-order valence-corrected chi connectivity index (χ2v) is 8.16. The molecule has 0 aromatic heterocycles. The van der Waals surface area contributed by atoms with Gasteiger partial charge < -0.3 is 13.8 Å². The van der Waals surface area contributed by atoms with Gasteiger partial charge in [0.05, 0.1) is 0 Å². The SMILES string of the molecule is Cc1[c-]c2c(cc1)-c1ccc(C)cc1C2.[C-]1=CC=CC1.[CH2-]C(C)C.[CH2-]C(C)C.[Si]=[Zr]. The first-order valence-corrected chi connectivity index (χ1v) is 14.6. The zero-order chi connectivity index (χ0) is 23.1. The molecule has 0 fully saturated rings.